The van der Waals surface area contributed by atoms with Crippen molar-refractivity contribution in [3.8, 4) is 0 Å². The first-order valence-electron chi connectivity index (χ1n) is 7.34. The lowest BCUT2D eigenvalue weighted by Crippen LogP contribution is -2.39. The fraction of sp³-hybridized carbons (Fsp3) is 0.667. The molecule has 3 atom stereocenters. The smallest absolute Gasteiger partial charge is 0.241 e. The minimum absolute atomic E-state index is 0.0443. The van der Waals surface area contributed by atoms with E-state index in [-0.39, 0.29) is 18.1 Å². The highest BCUT2D eigenvalue weighted by Crippen LogP contribution is 2.28. The molecule has 0 aliphatic carbocycles. The lowest BCUT2D eigenvalue weighted by molar-refractivity contribution is -0.130. The van der Waals surface area contributed by atoms with E-state index in [0.717, 1.165) is 19.5 Å². The van der Waals surface area contributed by atoms with E-state index in [2.05, 4.69) is 42.6 Å². The van der Waals surface area contributed by atoms with Crippen molar-refractivity contribution in [1.29, 1.82) is 0 Å². The minimum Gasteiger partial charge on any atom is -0.319 e. The molecular formula is C15H25N3OS. The van der Waals surface area contributed by atoms with E-state index < -0.39 is 0 Å². The molecule has 0 saturated carbocycles. The molecule has 112 valence electrons. The lowest BCUT2D eigenvalue weighted by atomic mass is 10.2. The van der Waals surface area contributed by atoms with Gasteiger partial charge in [0, 0.05) is 24.0 Å². The van der Waals surface area contributed by atoms with Crippen molar-refractivity contribution in [3.63, 3.8) is 0 Å². The van der Waals surface area contributed by atoms with E-state index in [1.807, 2.05) is 17.9 Å². The van der Waals surface area contributed by atoms with Crippen molar-refractivity contribution in [2.75, 3.05) is 20.1 Å². The Morgan fingerprint density at radius 3 is 2.90 bits per heavy atom. The zero-order valence-electron chi connectivity index (χ0n) is 12.8. The van der Waals surface area contributed by atoms with Gasteiger partial charge < -0.3 is 9.80 Å². The van der Waals surface area contributed by atoms with E-state index in [4.69, 9.17) is 0 Å². The number of carbonyl (C=O) groups is 1. The molecule has 3 unspecified atom stereocenters. The highest BCUT2D eigenvalue weighted by molar-refractivity contribution is 7.10. The van der Waals surface area contributed by atoms with Gasteiger partial charge in [-0.25, -0.2) is 0 Å². The predicted octanol–water partition coefficient (Wildman–Crippen LogP) is 2.30. The molecule has 5 heteroatoms. The number of hydrogen-bond acceptors (Lipinski definition) is 4. The highest BCUT2D eigenvalue weighted by atomic mass is 32.1. The van der Waals surface area contributed by atoms with Crippen molar-refractivity contribution in [1.82, 2.24) is 15.1 Å². The standard InChI is InChI=1S/C15H25N3OS/c1-5-11(2)17(4)8-9-18-14(13-7-6-10-20-13)16-12(3)15(18)19/h6-7,10-12,14,16H,5,8-9H2,1-4H3. The molecule has 1 amide bonds. The quantitative estimate of drug-likeness (QED) is 0.875. The molecule has 1 N–H and O–H groups in total. The number of hydrogen-bond donors (Lipinski definition) is 1. The van der Waals surface area contributed by atoms with Gasteiger partial charge in [-0.1, -0.05) is 13.0 Å². The van der Waals surface area contributed by atoms with Gasteiger partial charge in [-0.2, -0.15) is 0 Å². The van der Waals surface area contributed by atoms with Gasteiger partial charge in [-0.05, 0) is 38.8 Å². The summed E-state index contributed by atoms with van der Waals surface area (Å²) in [6.07, 6.45) is 1.18. The molecule has 1 saturated heterocycles. The Hall–Kier alpha value is -0.910. The van der Waals surface area contributed by atoms with Gasteiger partial charge in [0.05, 0.1) is 6.04 Å². The van der Waals surface area contributed by atoms with Gasteiger partial charge in [0.15, 0.2) is 0 Å². The second-order valence-electron chi connectivity index (χ2n) is 5.58. The van der Waals surface area contributed by atoms with Crippen LogP contribution in [0.2, 0.25) is 0 Å². The molecule has 1 fully saturated rings. The molecule has 0 aromatic carbocycles. The largest absolute Gasteiger partial charge is 0.319 e. The SMILES string of the molecule is CCC(C)N(C)CCN1C(=O)C(C)NC1c1cccs1. The van der Waals surface area contributed by atoms with E-state index in [1.165, 1.54) is 4.88 Å². The van der Waals surface area contributed by atoms with Gasteiger partial charge in [0.25, 0.3) is 0 Å². The second-order valence-corrected chi connectivity index (χ2v) is 6.56. The maximum atomic E-state index is 12.3. The molecule has 0 spiro atoms. The van der Waals surface area contributed by atoms with Crippen LogP contribution in [-0.4, -0.2) is 47.9 Å². The molecule has 1 aliphatic heterocycles. The van der Waals surface area contributed by atoms with Crippen molar-refractivity contribution in [2.45, 2.75) is 45.4 Å². The molecule has 2 heterocycles. The van der Waals surface area contributed by atoms with Crippen LogP contribution in [0.15, 0.2) is 17.5 Å². The maximum absolute atomic E-state index is 12.3. The molecular weight excluding hydrogens is 270 g/mol. The van der Waals surface area contributed by atoms with Crippen LogP contribution in [0.3, 0.4) is 0 Å². The van der Waals surface area contributed by atoms with Crippen molar-refractivity contribution in [2.24, 2.45) is 0 Å². The average Bonchev–Trinajstić information content (AvgIpc) is 3.05. The number of nitrogens with one attached hydrogen (secondary N) is 1. The minimum atomic E-state index is -0.0870. The van der Waals surface area contributed by atoms with E-state index in [0.29, 0.717) is 6.04 Å². The Kier molecular flexibility index (Phi) is 5.18. The Labute approximate surface area is 125 Å². The Balaban J connectivity index is 2.01. The van der Waals surface area contributed by atoms with Gasteiger partial charge in [0.1, 0.15) is 6.17 Å². The van der Waals surface area contributed by atoms with Crippen LogP contribution in [0.4, 0.5) is 0 Å². The number of rotatable bonds is 6. The summed E-state index contributed by atoms with van der Waals surface area (Å²) in [6.45, 7) is 8.06. The first kappa shape index (κ1) is 15.5. The predicted molar refractivity (Wildman–Crippen MR) is 83.8 cm³/mol. The van der Waals surface area contributed by atoms with Crippen LogP contribution in [0.5, 0.6) is 0 Å². The van der Waals surface area contributed by atoms with Crippen LogP contribution in [0.1, 0.15) is 38.2 Å². The van der Waals surface area contributed by atoms with E-state index >= 15 is 0 Å². The molecule has 0 radical (unpaired) electrons. The van der Waals surface area contributed by atoms with E-state index in [9.17, 15) is 4.79 Å². The Morgan fingerprint density at radius 2 is 2.30 bits per heavy atom. The third-order valence-corrected chi connectivity index (χ3v) is 5.15. The van der Waals surface area contributed by atoms with E-state index in [1.54, 1.807) is 11.3 Å². The second kappa shape index (κ2) is 6.70. The molecule has 1 aliphatic rings. The van der Waals surface area contributed by atoms with Gasteiger partial charge in [-0.3, -0.25) is 10.1 Å². The molecule has 20 heavy (non-hydrogen) atoms. The third-order valence-electron chi connectivity index (χ3n) is 4.22. The van der Waals surface area contributed by atoms with Gasteiger partial charge in [0.2, 0.25) is 5.91 Å². The zero-order valence-corrected chi connectivity index (χ0v) is 13.6. The first-order valence-corrected chi connectivity index (χ1v) is 8.22. The summed E-state index contributed by atoms with van der Waals surface area (Å²) in [6, 6.07) is 4.60. The van der Waals surface area contributed by atoms with Crippen molar-refractivity contribution in [3.05, 3.63) is 22.4 Å². The number of carbonyl (C=O) groups excluding carboxylic acids is 1. The van der Waals surface area contributed by atoms with Crippen LogP contribution >= 0.6 is 11.3 Å². The number of amides is 1. The Bertz CT molecular complexity index is 434. The number of likely N-dealkylation sites (N-methyl/N-ethyl adjacent to an activating group) is 1. The summed E-state index contributed by atoms with van der Waals surface area (Å²) in [5.74, 6) is 0.209. The summed E-state index contributed by atoms with van der Waals surface area (Å²) in [4.78, 5) is 17.8. The van der Waals surface area contributed by atoms with Gasteiger partial charge >= 0.3 is 0 Å². The number of thiophene rings is 1. The fourth-order valence-corrected chi connectivity index (χ4v) is 3.29. The third kappa shape index (κ3) is 3.22. The Morgan fingerprint density at radius 1 is 1.55 bits per heavy atom. The summed E-state index contributed by atoms with van der Waals surface area (Å²) < 4.78 is 0. The normalized spacial score (nSPS) is 24.6. The average molecular weight is 295 g/mol. The topological polar surface area (TPSA) is 35.6 Å². The molecule has 4 nitrogen and oxygen atoms in total. The summed E-state index contributed by atoms with van der Waals surface area (Å²) in [5, 5.41) is 5.45. The van der Waals surface area contributed by atoms with Crippen LogP contribution < -0.4 is 5.32 Å². The molecule has 0 bridgehead atoms. The maximum Gasteiger partial charge on any atom is 0.241 e. The van der Waals surface area contributed by atoms with Crippen LogP contribution in [-0.2, 0) is 4.79 Å². The van der Waals surface area contributed by atoms with Gasteiger partial charge in [-0.15, -0.1) is 11.3 Å². The highest BCUT2D eigenvalue weighted by Gasteiger charge is 2.37. The van der Waals surface area contributed by atoms with Crippen molar-refractivity contribution >= 4 is 17.2 Å². The lowest BCUT2D eigenvalue weighted by Gasteiger charge is -2.29. The summed E-state index contributed by atoms with van der Waals surface area (Å²) in [5.41, 5.74) is 0. The van der Waals surface area contributed by atoms with Crippen LogP contribution in [0, 0.1) is 0 Å². The monoisotopic (exact) mass is 295 g/mol. The number of nitrogens with zero attached hydrogens (tertiary/aromatic N) is 2. The van der Waals surface area contributed by atoms with Crippen LogP contribution in [0.25, 0.3) is 0 Å². The zero-order chi connectivity index (χ0) is 14.7. The molecule has 1 aromatic rings. The first-order chi connectivity index (χ1) is 9.54. The molecule has 2 rings (SSSR count). The fourth-order valence-electron chi connectivity index (χ4n) is 2.49. The summed E-state index contributed by atoms with van der Waals surface area (Å²) in [7, 11) is 2.13. The molecule has 1 aromatic heterocycles. The van der Waals surface area contributed by atoms with Crippen molar-refractivity contribution < 1.29 is 4.79 Å². The summed E-state index contributed by atoms with van der Waals surface area (Å²) >= 11 is 1.70.